The Morgan fingerprint density at radius 2 is 1.50 bits per heavy atom. The van der Waals surface area contributed by atoms with Gasteiger partial charge in [0.1, 0.15) is 0 Å². The standard InChI is InChI=1S/C16H34N2/c1-6-14(7-2)15(17-5)16(3,4)18-12-10-8-9-11-13-18/h14-15,17H,6-13H2,1-5H3. The molecule has 0 aromatic carbocycles. The van der Waals surface area contributed by atoms with Gasteiger partial charge in [-0.05, 0) is 52.7 Å². The molecule has 0 bridgehead atoms. The zero-order chi connectivity index (χ0) is 13.6. The van der Waals surface area contributed by atoms with Crippen molar-refractivity contribution < 1.29 is 0 Å². The average molecular weight is 254 g/mol. The number of likely N-dealkylation sites (tertiary alicyclic amines) is 1. The number of likely N-dealkylation sites (N-methyl/N-ethyl adjacent to an activating group) is 1. The highest BCUT2D eigenvalue weighted by Gasteiger charge is 2.37. The molecule has 0 spiro atoms. The molecule has 0 aliphatic carbocycles. The lowest BCUT2D eigenvalue weighted by atomic mass is 9.80. The van der Waals surface area contributed by atoms with Crippen LogP contribution in [0.25, 0.3) is 0 Å². The van der Waals surface area contributed by atoms with Crippen LogP contribution in [-0.4, -0.2) is 36.6 Å². The van der Waals surface area contributed by atoms with Gasteiger partial charge >= 0.3 is 0 Å². The van der Waals surface area contributed by atoms with Gasteiger partial charge < -0.3 is 5.32 Å². The second-order valence-corrected chi connectivity index (χ2v) is 6.40. The maximum atomic E-state index is 3.62. The lowest BCUT2D eigenvalue weighted by Crippen LogP contribution is -2.60. The van der Waals surface area contributed by atoms with Crippen LogP contribution >= 0.6 is 0 Å². The van der Waals surface area contributed by atoms with E-state index in [4.69, 9.17) is 0 Å². The quantitative estimate of drug-likeness (QED) is 0.778. The molecular formula is C16H34N2. The molecule has 1 atom stereocenters. The second-order valence-electron chi connectivity index (χ2n) is 6.40. The molecule has 0 aromatic rings. The predicted octanol–water partition coefficient (Wildman–Crippen LogP) is 3.67. The van der Waals surface area contributed by atoms with Crippen LogP contribution in [0.15, 0.2) is 0 Å². The number of rotatable bonds is 6. The van der Waals surface area contributed by atoms with Crippen molar-refractivity contribution in [1.29, 1.82) is 0 Å². The van der Waals surface area contributed by atoms with Gasteiger partial charge in [-0.25, -0.2) is 0 Å². The van der Waals surface area contributed by atoms with Crippen molar-refractivity contribution in [2.75, 3.05) is 20.1 Å². The van der Waals surface area contributed by atoms with E-state index in [9.17, 15) is 0 Å². The Kier molecular flexibility index (Phi) is 6.65. The van der Waals surface area contributed by atoms with Crippen LogP contribution < -0.4 is 5.32 Å². The van der Waals surface area contributed by atoms with Crippen molar-refractivity contribution in [3.05, 3.63) is 0 Å². The molecular weight excluding hydrogens is 220 g/mol. The molecule has 0 saturated carbocycles. The Bertz CT molecular complexity index is 213. The smallest absolute Gasteiger partial charge is 0.0308 e. The SMILES string of the molecule is CCC(CC)C(NC)C(C)(C)N1CCCCCC1. The van der Waals surface area contributed by atoms with Crippen LogP contribution in [-0.2, 0) is 0 Å². The van der Waals surface area contributed by atoms with E-state index in [1.807, 2.05) is 0 Å². The molecule has 0 amide bonds. The predicted molar refractivity (Wildman–Crippen MR) is 81.0 cm³/mol. The summed E-state index contributed by atoms with van der Waals surface area (Å²) in [5, 5.41) is 3.62. The summed E-state index contributed by atoms with van der Waals surface area (Å²) in [7, 11) is 2.14. The first-order valence-electron chi connectivity index (χ1n) is 8.00. The fourth-order valence-electron chi connectivity index (χ4n) is 3.77. The van der Waals surface area contributed by atoms with Crippen LogP contribution in [0.5, 0.6) is 0 Å². The van der Waals surface area contributed by atoms with Crippen LogP contribution in [0.1, 0.15) is 66.2 Å². The molecule has 1 rings (SSSR count). The first-order chi connectivity index (χ1) is 8.57. The third-order valence-electron chi connectivity index (χ3n) is 5.01. The molecule has 2 heteroatoms. The summed E-state index contributed by atoms with van der Waals surface area (Å²) in [6.07, 6.45) is 8.15. The lowest BCUT2D eigenvalue weighted by molar-refractivity contribution is 0.0595. The van der Waals surface area contributed by atoms with Gasteiger partial charge in [0.25, 0.3) is 0 Å². The van der Waals surface area contributed by atoms with Gasteiger partial charge in [-0.2, -0.15) is 0 Å². The molecule has 1 aliphatic rings. The number of hydrogen-bond donors (Lipinski definition) is 1. The maximum Gasteiger partial charge on any atom is 0.0308 e. The number of nitrogens with zero attached hydrogens (tertiary/aromatic N) is 1. The minimum atomic E-state index is 0.274. The van der Waals surface area contributed by atoms with Crippen molar-refractivity contribution in [3.8, 4) is 0 Å². The van der Waals surface area contributed by atoms with E-state index in [0.29, 0.717) is 6.04 Å². The fourth-order valence-corrected chi connectivity index (χ4v) is 3.77. The third-order valence-corrected chi connectivity index (χ3v) is 5.01. The monoisotopic (exact) mass is 254 g/mol. The molecule has 18 heavy (non-hydrogen) atoms. The van der Waals surface area contributed by atoms with Crippen molar-refractivity contribution in [2.45, 2.75) is 77.8 Å². The first kappa shape index (κ1) is 16.0. The summed E-state index contributed by atoms with van der Waals surface area (Å²) in [5.74, 6) is 0.785. The fraction of sp³-hybridized carbons (Fsp3) is 1.00. The maximum absolute atomic E-state index is 3.62. The summed E-state index contributed by atoms with van der Waals surface area (Å²) >= 11 is 0. The van der Waals surface area contributed by atoms with E-state index in [1.165, 1.54) is 51.6 Å². The van der Waals surface area contributed by atoms with Crippen molar-refractivity contribution in [1.82, 2.24) is 10.2 Å². The molecule has 0 radical (unpaired) electrons. The van der Waals surface area contributed by atoms with E-state index in [-0.39, 0.29) is 5.54 Å². The van der Waals surface area contributed by atoms with E-state index in [0.717, 1.165) is 5.92 Å². The Labute approximate surface area is 115 Å². The Balaban J connectivity index is 2.78. The van der Waals surface area contributed by atoms with Gasteiger partial charge in [0, 0.05) is 11.6 Å². The molecule has 1 heterocycles. The van der Waals surface area contributed by atoms with Gasteiger partial charge in [-0.3, -0.25) is 4.90 Å². The summed E-state index contributed by atoms with van der Waals surface area (Å²) in [4.78, 5) is 2.74. The summed E-state index contributed by atoms with van der Waals surface area (Å²) in [6, 6.07) is 0.602. The van der Waals surface area contributed by atoms with Crippen LogP contribution in [0.2, 0.25) is 0 Å². The normalized spacial score (nSPS) is 21.0. The third kappa shape index (κ3) is 3.71. The molecule has 0 aromatic heterocycles. The molecule has 1 aliphatic heterocycles. The molecule has 1 saturated heterocycles. The van der Waals surface area contributed by atoms with Gasteiger partial charge in [0.05, 0.1) is 0 Å². The van der Waals surface area contributed by atoms with Gasteiger partial charge in [0.2, 0.25) is 0 Å². The van der Waals surface area contributed by atoms with Crippen molar-refractivity contribution >= 4 is 0 Å². The van der Waals surface area contributed by atoms with Gasteiger partial charge in [-0.1, -0.05) is 39.5 Å². The van der Waals surface area contributed by atoms with Crippen LogP contribution in [0.4, 0.5) is 0 Å². The highest BCUT2D eigenvalue weighted by Crippen LogP contribution is 2.29. The average Bonchev–Trinajstić information content (AvgIpc) is 2.64. The molecule has 1 N–H and O–H groups in total. The van der Waals surface area contributed by atoms with E-state index >= 15 is 0 Å². The minimum Gasteiger partial charge on any atom is -0.315 e. The van der Waals surface area contributed by atoms with E-state index < -0.39 is 0 Å². The van der Waals surface area contributed by atoms with Crippen LogP contribution in [0, 0.1) is 5.92 Å². The second kappa shape index (κ2) is 7.49. The Morgan fingerprint density at radius 3 is 1.89 bits per heavy atom. The van der Waals surface area contributed by atoms with Gasteiger partial charge in [-0.15, -0.1) is 0 Å². The van der Waals surface area contributed by atoms with E-state index in [2.05, 4.69) is 45.0 Å². The largest absolute Gasteiger partial charge is 0.315 e. The van der Waals surface area contributed by atoms with E-state index in [1.54, 1.807) is 0 Å². The Morgan fingerprint density at radius 1 is 1.00 bits per heavy atom. The molecule has 1 unspecified atom stereocenters. The highest BCUT2D eigenvalue weighted by atomic mass is 15.2. The first-order valence-corrected chi connectivity index (χ1v) is 8.00. The summed E-state index contributed by atoms with van der Waals surface area (Å²) in [5.41, 5.74) is 0.274. The number of hydrogen-bond acceptors (Lipinski definition) is 2. The lowest BCUT2D eigenvalue weighted by Gasteiger charge is -2.47. The highest BCUT2D eigenvalue weighted by molar-refractivity contribution is 4.96. The van der Waals surface area contributed by atoms with Gasteiger partial charge in [0.15, 0.2) is 0 Å². The summed E-state index contributed by atoms with van der Waals surface area (Å²) in [6.45, 7) is 12.1. The van der Waals surface area contributed by atoms with Crippen LogP contribution in [0.3, 0.4) is 0 Å². The van der Waals surface area contributed by atoms with Crippen molar-refractivity contribution in [3.63, 3.8) is 0 Å². The molecule has 2 nitrogen and oxygen atoms in total. The topological polar surface area (TPSA) is 15.3 Å². The summed E-state index contributed by atoms with van der Waals surface area (Å²) < 4.78 is 0. The number of nitrogens with one attached hydrogen (secondary N) is 1. The minimum absolute atomic E-state index is 0.274. The molecule has 1 fully saturated rings. The zero-order valence-corrected chi connectivity index (χ0v) is 13.3. The van der Waals surface area contributed by atoms with Crippen molar-refractivity contribution in [2.24, 2.45) is 5.92 Å². The Hall–Kier alpha value is -0.0800. The zero-order valence-electron chi connectivity index (χ0n) is 13.3. The molecule has 108 valence electrons.